The summed E-state index contributed by atoms with van der Waals surface area (Å²) in [5.41, 5.74) is 1.94. The van der Waals surface area contributed by atoms with E-state index in [0.717, 1.165) is 5.57 Å². The fourth-order valence-corrected chi connectivity index (χ4v) is 4.17. The fourth-order valence-electron chi connectivity index (χ4n) is 3.94. The number of likely N-dealkylation sites (tertiary alicyclic amines) is 1. The van der Waals surface area contributed by atoms with E-state index < -0.39 is 23.8 Å². The lowest BCUT2D eigenvalue weighted by Gasteiger charge is -2.39. The lowest BCUT2D eigenvalue weighted by atomic mass is 9.88. The maximum absolute atomic E-state index is 13.0. The average molecular weight is 457 g/mol. The topological polar surface area (TPSA) is 60.2 Å². The third-order valence-corrected chi connectivity index (χ3v) is 5.88. The van der Waals surface area contributed by atoms with Gasteiger partial charge in [-0.1, -0.05) is 17.7 Å². The summed E-state index contributed by atoms with van der Waals surface area (Å²) >= 11 is 6.43. The van der Waals surface area contributed by atoms with Gasteiger partial charge >= 0.3 is 12.3 Å². The van der Waals surface area contributed by atoms with Crippen LogP contribution in [0.25, 0.3) is 16.6 Å². The molecule has 1 atom stereocenters. The van der Waals surface area contributed by atoms with Crippen LogP contribution in [0.4, 0.5) is 18.0 Å². The van der Waals surface area contributed by atoms with E-state index in [0.29, 0.717) is 34.8 Å². The van der Waals surface area contributed by atoms with E-state index in [-0.39, 0.29) is 25.3 Å². The Labute approximate surface area is 183 Å². The first-order valence-corrected chi connectivity index (χ1v) is 10.6. The normalized spacial score (nSPS) is 20.5. The molecule has 0 N–H and O–H groups in total. The number of rotatable bonds is 2. The van der Waals surface area contributed by atoms with Crippen LogP contribution in [-0.2, 0) is 4.74 Å². The maximum Gasteiger partial charge on any atom is 0.410 e. The minimum atomic E-state index is -4.19. The van der Waals surface area contributed by atoms with Crippen LogP contribution < -0.4 is 0 Å². The first kappa shape index (κ1) is 21.9. The SMILES string of the molecule is CC(C)(C)OC(=O)N1CC(n2nc(C3=CCC(C(F)(F)F)CC3)c3nccc(Cl)c32)C1. The van der Waals surface area contributed by atoms with Crippen molar-refractivity contribution in [3.8, 4) is 0 Å². The number of pyridine rings is 1. The number of amides is 1. The predicted molar refractivity (Wildman–Crippen MR) is 111 cm³/mol. The Balaban J connectivity index is 1.59. The van der Waals surface area contributed by atoms with Gasteiger partial charge in [0.25, 0.3) is 0 Å². The Bertz CT molecular complexity index is 1040. The van der Waals surface area contributed by atoms with Crippen molar-refractivity contribution < 1.29 is 22.7 Å². The second kappa shape index (κ2) is 7.69. The molecule has 0 radical (unpaired) electrons. The molecular weight excluding hydrogens is 433 g/mol. The quantitative estimate of drug-likeness (QED) is 0.588. The molecule has 1 aliphatic carbocycles. The van der Waals surface area contributed by atoms with Gasteiger partial charge in [-0.3, -0.25) is 9.67 Å². The van der Waals surface area contributed by atoms with Gasteiger partial charge in [-0.05, 0) is 51.7 Å². The van der Waals surface area contributed by atoms with Gasteiger partial charge < -0.3 is 9.64 Å². The molecule has 6 nitrogen and oxygen atoms in total. The summed E-state index contributed by atoms with van der Waals surface area (Å²) in [4.78, 5) is 18.2. The van der Waals surface area contributed by atoms with E-state index in [1.54, 1.807) is 27.9 Å². The Hall–Kier alpha value is -2.29. The molecule has 1 unspecified atom stereocenters. The molecule has 168 valence electrons. The van der Waals surface area contributed by atoms with E-state index in [4.69, 9.17) is 21.4 Å². The first-order valence-electron chi connectivity index (χ1n) is 10.2. The summed E-state index contributed by atoms with van der Waals surface area (Å²) in [6, 6.07) is 1.54. The van der Waals surface area contributed by atoms with Crippen molar-refractivity contribution in [2.45, 2.75) is 57.9 Å². The van der Waals surface area contributed by atoms with Crippen LogP contribution in [0.3, 0.4) is 0 Å². The van der Waals surface area contributed by atoms with E-state index in [9.17, 15) is 18.0 Å². The molecule has 1 amide bonds. The second-order valence-electron chi connectivity index (χ2n) is 9.06. The molecule has 2 aromatic rings. The number of nitrogens with zero attached hydrogens (tertiary/aromatic N) is 4. The van der Waals surface area contributed by atoms with Crippen LogP contribution in [0.5, 0.6) is 0 Å². The number of hydrogen-bond donors (Lipinski definition) is 0. The summed E-state index contributed by atoms with van der Waals surface area (Å²) < 4.78 is 46.2. The summed E-state index contributed by atoms with van der Waals surface area (Å²) in [7, 11) is 0. The van der Waals surface area contributed by atoms with Crippen LogP contribution >= 0.6 is 11.6 Å². The molecule has 0 aromatic carbocycles. The molecule has 1 saturated heterocycles. The van der Waals surface area contributed by atoms with Crippen molar-refractivity contribution in [3.05, 3.63) is 29.1 Å². The molecule has 3 heterocycles. The van der Waals surface area contributed by atoms with Gasteiger partial charge in [-0.25, -0.2) is 4.79 Å². The molecule has 0 saturated carbocycles. The standard InChI is InChI=1S/C21H24ClF3N4O2/c1-20(2,3)31-19(30)28-10-14(11-28)29-18-15(22)8-9-26-17(18)16(27-29)12-4-6-13(7-5-12)21(23,24)25/h4,8-9,13-14H,5-7,10-11H2,1-3H3. The Morgan fingerprint density at radius 2 is 1.97 bits per heavy atom. The Kier molecular flexibility index (Phi) is 5.44. The van der Waals surface area contributed by atoms with Crippen molar-refractivity contribution in [2.24, 2.45) is 5.92 Å². The predicted octanol–water partition coefficient (Wildman–Crippen LogP) is 5.62. The molecule has 0 bridgehead atoms. The number of halogens is 4. The number of aromatic nitrogens is 3. The minimum absolute atomic E-state index is 0.0279. The molecular formula is C21H24ClF3N4O2. The number of carbonyl (C=O) groups excluding carboxylic acids is 1. The zero-order valence-electron chi connectivity index (χ0n) is 17.5. The van der Waals surface area contributed by atoms with Gasteiger partial charge in [0.2, 0.25) is 0 Å². The number of alkyl halides is 3. The van der Waals surface area contributed by atoms with Gasteiger partial charge in [0.05, 0.1) is 17.0 Å². The van der Waals surface area contributed by atoms with Crippen LogP contribution in [-0.4, -0.2) is 50.6 Å². The molecule has 1 fully saturated rings. The Morgan fingerprint density at radius 3 is 2.55 bits per heavy atom. The summed E-state index contributed by atoms with van der Waals surface area (Å²) in [6.45, 7) is 6.24. The van der Waals surface area contributed by atoms with Gasteiger partial charge in [0.15, 0.2) is 0 Å². The highest BCUT2D eigenvalue weighted by Gasteiger charge is 2.41. The molecule has 4 rings (SSSR count). The molecule has 0 spiro atoms. The molecule has 1 aliphatic heterocycles. The smallest absolute Gasteiger partial charge is 0.410 e. The van der Waals surface area contributed by atoms with Crippen molar-refractivity contribution in [1.29, 1.82) is 0 Å². The van der Waals surface area contributed by atoms with Gasteiger partial charge in [0.1, 0.15) is 22.3 Å². The number of allylic oxidation sites excluding steroid dienone is 2. The third-order valence-electron chi connectivity index (χ3n) is 5.57. The maximum atomic E-state index is 13.0. The molecule has 10 heteroatoms. The van der Waals surface area contributed by atoms with E-state index in [1.165, 1.54) is 0 Å². The average Bonchev–Trinajstić information content (AvgIpc) is 2.99. The number of ether oxygens (including phenoxy) is 1. The van der Waals surface area contributed by atoms with E-state index >= 15 is 0 Å². The van der Waals surface area contributed by atoms with Crippen LogP contribution in [0, 0.1) is 5.92 Å². The minimum Gasteiger partial charge on any atom is -0.444 e. The van der Waals surface area contributed by atoms with Crippen molar-refractivity contribution in [2.75, 3.05) is 13.1 Å². The Morgan fingerprint density at radius 1 is 1.26 bits per heavy atom. The van der Waals surface area contributed by atoms with Gasteiger partial charge in [-0.15, -0.1) is 0 Å². The number of fused-ring (bicyclic) bond motifs is 1. The third kappa shape index (κ3) is 4.37. The molecule has 31 heavy (non-hydrogen) atoms. The lowest BCUT2D eigenvalue weighted by Crippen LogP contribution is -2.52. The number of carbonyl (C=O) groups is 1. The highest BCUT2D eigenvalue weighted by molar-refractivity contribution is 6.35. The van der Waals surface area contributed by atoms with Crippen LogP contribution in [0.1, 0.15) is 51.8 Å². The van der Waals surface area contributed by atoms with Gasteiger partial charge in [0, 0.05) is 19.3 Å². The summed E-state index contributed by atoms with van der Waals surface area (Å²) in [5, 5.41) is 5.15. The lowest BCUT2D eigenvalue weighted by molar-refractivity contribution is -0.175. The monoisotopic (exact) mass is 456 g/mol. The highest BCUT2D eigenvalue weighted by Crippen LogP contribution is 2.41. The zero-order chi connectivity index (χ0) is 22.6. The highest BCUT2D eigenvalue weighted by atomic mass is 35.5. The zero-order valence-corrected chi connectivity index (χ0v) is 18.3. The fraction of sp³-hybridized carbons (Fsp3) is 0.571. The van der Waals surface area contributed by atoms with Crippen molar-refractivity contribution >= 4 is 34.3 Å². The van der Waals surface area contributed by atoms with Crippen molar-refractivity contribution in [1.82, 2.24) is 19.7 Å². The summed E-state index contributed by atoms with van der Waals surface area (Å²) in [5.74, 6) is -1.32. The van der Waals surface area contributed by atoms with Crippen LogP contribution in [0.15, 0.2) is 18.3 Å². The number of hydrogen-bond acceptors (Lipinski definition) is 4. The molecule has 2 aliphatic rings. The first-order chi connectivity index (χ1) is 14.4. The summed E-state index contributed by atoms with van der Waals surface area (Å²) in [6.07, 6.45) is -1.16. The van der Waals surface area contributed by atoms with E-state index in [2.05, 4.69) is 4.98 Å². The van der Waals surface area contributed by atoms with Gasteiger partial charge in [-0.2, -0.15) is 18.3 Å². The van der Waals surface area contributed by atoms with Crippen molar-refractivity contribution in [3.63, 3.8) is 0 Å². The molecule has 2 aromatic heterocycles. The second-order valence-corrected chi connectivity index (χ2v) is 9.47. The van der Waals surface area contributed by atoms with Crippen LogP contribution in [0.2, 0.25) is 5.02 Å². The van der Waals surface area contributed by atoms with E-state index in [1.807, 2.05) is 20.8 Å². The largest absolute Gasteiger partial charge is 0.444 e.